The Kier molecular flexibility index (Phi) is 4.72. The molecule has 130 valence electrons. The number of rotatable bonds is 4. The summed E-state index contributed by atoms with van der Waals surface area (Å²) in [6.07, 6.45) is 7.10. The van der Waals surface area contributed by atoms with E-state index in [1.54, 1.807) is 12.4 Å². The topological polar surface area (TPSA) is 67.3 Å². The number of ether oxygens (including phenoxy) is 1. The van der Waals surface area contributed by atoms with E-state index in [1.807, 2.05) is 36.5 Å². The van der Waals surface area contributed by atoms with Gasteiger partial charge in [-0.25, -0.2) is 0 Å². The molecular weight excluding hydrogens is 316 g/mol. The lowest BCUT2D eigenvalue weighted by Crippen LogP contribution is -2.51. The van der Waals surface area contributed by atoms with Crippen molar-refractivity contribution in [1.29, 1.82) is 0 Å². The Hall–Kier alpha value is -2.31. The van der Waals surface area contributed by atoms with E-state index in [-0.39, 0.29) is 17.9 Å². The number of carbonyl (C=O) groups is 1. The third kappa shape index (κ3) is 3.70. The van der Waals surface area contributed by atoms with E-state index >= 15 is 0 Å². The summed E-state index contributed by atoms with van der Waals surface area (Å²) in [7, 11) is 0. The number of amides is 1. The van der Waals surface area contributed by atoms with Crippen LogP contribution in [0.5, 0.6) is 0 Å². The molecular formula is C19H22N4O2. The first-order valence-electron chi connectivity index (χ1n) is 8.76. The number of fused-ring (bicyclic) bond motifs is 1. The quantitative estimate of drug-likeness (QED) is 0.925. The Labute approximate surface area is 147 Å². The summed E-state index contributed by atoms with van der Waals surface area (Å²) in [5.74, 6) is -0.0590. The second-order valence-electron chi connectivity index (χ2n) is 6.68. The second kappa shape index (κ2) is 7.29. The van der Waals surface area contributed by atoms with Crippen molar-refractivity contribution in [2.75, 3.05) is 18.5 Å². The summed E-state index contributed by atoms with van der Waals surface area (Å²) >= 11 is 0. The van der Waals surface area contributed by atoms with E-state index in [2.05, 4.69) is 20.2 Å². The number of hydrogen-bond acceptors (Lipinski definition) is 5. The van der Waals surface area contributed by atoms with Gasteiger partial charge in [-0.1, -0.05) is 6.07 Å². The van der Waals surface area contributed by atoms with E-state index in [1.165, 1.54) is 0 Å². The highest BCUT2D eigenvalue weighted by Gasteiger charge is 2.42. The van der Waals surface area contributed by atoms with Gasteiger partial charge in [-0.3, -0.25) is 19.7 Å². The van der Waals surface area contributed by atoms with Crippen LogP contribution in [0.2, 0.25) is 0 Å². The van der Waals surface area contributed by atoms with Crippen molar-refractivity contribution >= 4 is 11.6 Å². The molecule has 0 bridgehead atoms. The van der Waals surface area contributed by atoms with Crippen molar-refractivity contribution in [2.24, 2.45) is 5.92 Å². The fourth-order valence-corrected chi connectivity index (χ4v) is 3.81. The van der Waals surface area contributed by atoms with E-state index in [4.69, 9.17) is 4.74 Å². The van der Waals surface area contributed by atoms with E-state index in [0.717, 1.165) is 43.9 Å². The van der Waals surface area contributed by atoms with Gasteiger partial charge in [0.05, 0.1) is 29.6 Å². The highest BCUT2D eigenvalue weighted by molar-refractivity contribution is 5.92. The zero-order valence-electron chi connectivity index (χ0n) is 14.0. The molecule has 2 aromatic heterocycles. The van der Waals surface area contributed by atoms with Gasteiger partial charge in [0.1, 0.15) is 0 Å². The minimum Gasteiger partial charge on any atom is -0.377 e. The first kappa shape index (κ1) is 16.2. The van der Waals surface area contributed by atoms with Crippen molar-refractivity contribution in [1.82, 2.24) is 14.9 Å². The summed E-state index contributed by atoms with van der Waals surface area (Å²) in [5, 5.41) is 2.98. The summed E-state index contributed by atoms with van der Waals surface area (Å²) in [6.45, 7) is 2.25. The van der Waals surface area contributed by atoms with Gasteiger partial charge in [0, 0.05) is 38.1 Å². The van der Waals surface area contributed by atoms with Gasteiger partial charge in [0.2, 0.25) is 5.91 Å². The van der Waals surface area contributed by atoms with E-state index in [0.29, 0.717) is 6.04 Å². The van der Waals surface area contributed by atoms with Crippen LogP contribution < -0.4 is 5.32 Å². The molecule has 0 spiro atoms. The fraction of sp³-hybridized carbons (Fsp3) is 0.421. The van der Waals surface area contributed by atoms with Crippen LogP contribution in [0.3, 0.4) is 0 Å². The molecule has 1 amide bonds. The summed E-state index contributed by atoms with van der Waals surface area (Å²) < 4.78 is 5.90. The standard InChI is InChI=1S/C19H22N4O2/c24-19(22-15-5-3-7-20-11-15)14-10-18-17(6-9-25-18)23(12-14)13-16-4-1-2-8-21-16/h1-5,7-8,11,14,17-18H,6,9-10,12-13H2,(H,22,24)/t14-,17+,18+/m0/s1. The second-order valence-corrected chi connectivity index (χ2v) is 6.68. The van der Waals surface area contributed by atoms with Crippen LogP contribution in [0.4, 0.5) is 5.69 Å². The molecule has 4 rings (SSSR count). The van der Waals surface area contributed by atoms with Crippen LogP contribution in [0, 0.1) is 5.92 Å². The Bertz CT molecular complexity index is 710. The average molecular weight is 338 g/mol. The van der Waals surface area contributed by atoms with Crippen molar-refractivity contribution in [3.05, 3.63) is 54.6 Å². The molecule has 0 aliphatic carbocycles. The van der Waals surface area contributed by atoms with Crippen LogP contribution in [0.1, 0.15) is 18.5 Å². The molecule has 0 aromatic carbocycles. The van der Waals surface area contributed by atoms with Gasteiger partial charge in [0.25, 0.3) is 0 Å². The molecule has 6 nitrogen and oxygen atoms in total. The predicted molar refractivity (Wildman–Crippen MR) is 93.8 cm³/mol. The van der Waals surface area contributed by atoms with Crippen LogP contribution in [0.25, 0.3) is 0 Å². The largest absolute Gasteiger partial charge is 0.377 e. The van der Waals surface area contributed by atoms with Crippen LogP contribution in [0.15, 0.2) is 48.9 Å². The molecule has 2 fully saturated rings. The van der Waals surface area contributed by atoms with Crippen molar-refractivity contribution in [3.63, 3.8) is 0 Å². The summed E-state index contributed by atoms with van der Waals surface area (Å²) in [5.41, 5.74) is 1.76. The number of pyridine rings is 2. The van der Waals surface area contributed by atoms with E-state index in [9.17, 15) is 4.79 Å². The monoisotopic (exact) mass is 338 g/mol. The third-order valence-electron chi connectivity index (χ3n) is 5.01. The number of aromatic nitrogens is 2. The summed E-state index contributed by atoms with van der Waals surface area (Å²) in [4.78, 5) is 23.6. The van der Waals surface area contributed by atoms with Crippen molar-refractivity contribution < 1.29 is 9.53 Å². The third-order valence-corrected chi connectivity index (χ3v) is 5.01. The molecule has 3 atom stereocenters. The fourth-order valence-electron chi connectivity index (χ4n) is 3.81. The lowest BCUT2D eigenvalue weighted by molar-refractivity contribution is -0.124. The van der Waals surface area contributed by atoms with Crippen LogP contribution in [-0.2, 0) is 16.1 Å². The molecule has 0 unspecified atom stereocenters. The number of piperidine rings is 1. The van der Waals surface area contributed by atoms with Crippen LogP contribution in [-0.4, -0.2) is 46.1 Å². The van der Waals surface area contributed by atoms with Gasteiger partial charge in [-0.15, -0.1) is 0 Å². The van der Waals surface area contributed by atoms with Gasteiger partial charge in [-0.2, -0.15) is 0 Å². The van der Waals surface area contributed by atoms with Gasteiger partial charge < -0.3 is 10.1 Å². The maximum absolute atomic E-state index is 12.7. The maximum Gasteiger partial charge on any atom is 0.228 e. The van der Waals surface area contributed by atoms with Gasteiger partial charge in [0.15, 0.2) is 0 Å². The molecule has 6 heteroatoms. The zero-order chi connectivity index (χ0) is 17.1. The number of carbonyl (C=O) groups excluding carboxylic acids is 1. The molecule has 1 N–H and O–H groups in total. The smallest absolute Gasteiger partial charge is 0.228 e. The van der Waals surface area contributed by atoms with Crippen LogP contribution >= 0.6 is 0 Å². The maximum atomic E-state index is 12.7. The lowest BCUT2D eigenvalue weighted by Gasteiger charge is -2.40. The van der Waals surface area contributed by atoms with Gasteiger partial charge >= 0.3 is 0 Å². The molecule has 2 aliphatic rings. The molecule has 0 radical (unpaired) electrons. The van der Waals surface area contributed by atoms with Crippen molar-refractivity contribution in [3.8, 4) is 0 Å². The normalized spacial score (nSPS) is 26.2. The predicted octanol–water partition coefficient (Wildman–Crippen LogP) is 2.09. The molecule has 2 aliphatic heterocycles. The zero-order valence-corrected chi connectivity index (χ0v) is 14.0. The molecule has 2 saturated heterocycles. The van der Waals surface area contributed by atoms with E-state index < -0.39 is 0 Å². The molecule has 25 heavy (non-hydrogen) atoms. The number of anilines is 1. The molecule has 0 saturated carbocycles. The minimum absolute atomic E-state index is 0.0352. The molecule has 4 heterocycles. The first-order valence-corrected chi connectivity index (χ1v) is 8.76. The Morgan fingerprint density at radius 2 is 2.24 bits per heavy atom. The first-order chi connectivity index (χ1) is 12.3. The lowest BCUT2D eigenvalue weighted by atomic mass is 9.89. The summed E-state index contributed by atoms with van der Waals surface area (Å²) in [6, 6.07) is 10.0. The SMILES string of the molecule is O=C(Nc1cccnc1)[C@H]1C[C@H]2OCC[C@H]2N(Cc2ccccn2)C1. The number of likely N-dealkylation sites (tertiary alicyclic amines) is 1. The average Bonchev–Trinajstić information content (AvgIpc) is 3.12. The van der Waals surface area contributed by atoms with Crippen molar-refractivity contribution in [2.45, 2.75) is 31.5 Å². The molecule has 2 aromatic rings. The minimum atomic E-state index is -0.0942. The number of nitrogens with zero attached hydrogens (tertiary/aromatic N) is 3. The number of nitrogens with one attached hydrogen (secondary N) is 1. The Morgan fingerprint density at radius 1 is 1.28 bits per heavy atom. The Morgan fingerprint density at radius 3 is 3.04 bits per heavy atom. The highest BCUT2D eigenvalue weighted by atomic mass is 16.5. The number of hydrogen-bond donors (Lipinski definition) is 1. The Balaban J connectivity index is 1.47. The highest BCUT2D eigenvalue weighted by Crippen LogP contribution is 2.32. The van der Waals surface area contributed by atoms with Gasteiger partial charge in [-0.05, 0) is 37.1 Å².